The Labute approximate surface area is 210 Å². The molecule has 0 bridgehead atoms. The number of fused-ring (bicyclic) bond motifs is 1. The van der Waals surface area contributed by atoms with Crippen LogP contribution in [0.2, 0.25) is 19.6 Å². The molecule has 0 aromatic heterocycles. The number of benzene rings is 2. The van der Waals surface area contributed by atoms with Crippen molar-refractivity contribution >= 4 is 31.0 Å². The Morgan fingerprint density at radius 2 is 1.81 bits per heavy atom. The zero-order valence-electron chi connectivity index (χ0n) is 21.0. The van der Waals surface area contributed by atoms with Crippen molar-refractivity contribution < 1.29 is 33.0 Å². The fourth-order valence-corrected chi connectivity index (χ4v) is 6.12. The Kier molecular flexibility index (Phi) is 8.49. The largest absolute Gasteiger partial charge is 0.494 e. The lowest BCUT2D eigenvalue weighted by molar-refractivity contribution is -0.136. The lowest BCUT2D eigenvalue weighted by Gasteiger charge is -2.36. The third kappa shape index (κ3) is 6.29. The molecule has 0 fully saturated rings. The van der Waals surface area contributed by atoms with Gasteiger partial charge in [0, 0.05) is 24.7 Å². The summed E-state index contributed by atoms with van der Waals surface area (Å²) in [5.41, 5.74) is 1.66. The van der Waals surface area contributed by atoms with Crippen molar-refractivity contribution in [2.24, 2.45) is 0 Å². The molecule has 2 aromatic rings. The number of carbonyl (C=O) groups is 3. The molecule has 1 heterocycles. The second-order valence-corrected chi connectivity index (χ2v) is 14.8. The van der Waals surface area contributed by atoms with E-state index >= 15 is 0 Å². The van der Waals surface area contributed by atoms with E-state index in [9.17, 15) is 23.2 Å². The van der Waals surface area contributed by atoms with Crippen LogP contribution in [0.3, 0.4) is 0 Å². The van der Waals surface area contributed by atoms with Gasteiger partial charge in [0.15, 0.2) is 5.78 Å². The van der Waals surface area contributed by atoms with Gasteiger partial charge in [-0.1, -0.05) is 25.7 Å². The highest BCUT2D eigenvalue weighted by molar-refractivity contribution is 6.88. The summed E-state index contributed by atoms with van der Waals surface area (Å²) in [5, 5.41) is 11.5. The summed E-state index contributed by atoms with van der Waals surface area (Å²) in [6.07, 6.45) is -0.0505. The smallest absolute Gasteiger partial charge is 0.318 e. The van der Waals surface area contributed by atoms with E-state index < -0.39 is 43.5 Å². The summed E-state index contributed by atoms with van der Waals surface area (Å²) in [5.74, 6) is -2.13. The highest BCUT2D eigenvalue weighted by atomic mass is 28.3. The average molecular weight is 519 g/mol. The first-order valence-electron chi connectivity index (χ1n) is 11.9. The van der Waals surface area contributed by atoms with Gasteiger partial charge >= 0.3 is 12.0 Å². The van der Waals surface area contributed by atoms with Gasteiger partial charge in [-0.25, -0.2) is 13.6 Å². The summed E-state index contributed by atoms with van der Waals surface area (Å²) in [6.45, 7) is 8.00. The van der Waals surface area contributed by atoms with Crippen LogP contribution in [-0.2, 0) is 22.4 Å². The van der Waals surface area contributed by atoms with E-state index in [2.05, 4.69) is 5.32 Å². The number of carboxylic acids is 1. The van der Waals surface area contributed by atoms with Crippen LogP contribution in [0, 0.1) is 11.6 Å². The van der Waals surface area contributed by atoms with Crippen molar-refractivity contribution in [3.8, 4) is 5.75 Å². The Hall–Kier alpha value is -3.27. The van der Waals surface area contributed by atoms with Gasteiger partial charge in [-0.3, -0.25) is 9.59 Å². The Balaban J connectivity index is 1.93. The van der Waals surface area contributed by atoms with Crippen LogP contribution < -0.4 is 15.2 Å². The van der Waals surface area contributed by atoms with Gasteiger partial charge in [-0.2, -0.15) is 0 Å². The number of hydrogen-bond donors (Lipinski definition) is 2. The normalized spacial score (nSPS) is 15.3. The number of nitrogens with zero attached hydrogens (tertiary/aromatic N) is 1. The molecule has 0 spiro atoms. The summed E-state index contributed by atoms with van der Waals surface area (Å²) in [7, 11) is -2.27. The van der Waals surface area contributed by atoms with Crippen molar-refractivity contribution in [3.05, 3.63) is 58.7 Å². The molecule has 2 N–H and O–H groups in total. The van der Waals surface area contributed by atoms with Crippen molar-refractivity contribution in [2.75, 3.05) is 19.7 Å². The van der Waals surface area contributed by atoms with Gasteiger partial charge in [0.2, 0.25) is 0 Å². The number of halogens is 2. The molecule has 0 aliphatic carbocycles. The highest BCUT2D eigenvalue weighted by Crippen LogP contribution is 2.34. The maximum atomic E-state index is 14.8. The van der Waals surface area contributed by atoms with E-state index in [1.807, 2.05) is 32.6 Å². The van der Waals surface area contributed by atoms with Crippen molar-refractivity contribution in [3.63, 3.8) is 0 Å². The SMILES string of the molecule is CCOc1ccc2c(c1)CCN(C(=O)NCCC(=O)O)[C@H]2C(=O)Cc1cc(F)c([Si](C)(C)C)c(F)c1. The van der Waals surface area contributed by atoms with Crippen LogP contribution in [0.5, 0.6) is 5.75 Å². The van der Waals surface area contributed by atoms with E-state index in [1.165, 1.54) is 17.0 Å². The maximum absolute atomic E-state index is 14.8. The van der Waals surface area contributed by atoms with Gasteiger partial charge in [-0.05, 0) is 54.3 Å². The first-order chi connectivity index (χ1) is 16.9. The first kappa shape index (κ1) is 27.3. The van der Waals surface area contributed by atoms with Gasteiger partial charge in [-0.15, -0.1) is 0 Å². The maximum Gasteiger partial charge on any atom is 0.318 e. The highest BCUT2D eigenvalue weighted by Gasteiger charge is 2.36. The molecule has 0 unspecified atom stereocenters. The Bertz CT molecular complexity index is 1140. The van der Waals surface area contributed by atoms with Crippen LogP contribution in [0.15, 0.2) is 30.3 Å². The third-order valence-corrected chi connectivity index (χ3v) is 8.04. The zero-order chi connectivity index (χ0) is 26.6. The molecule has 0 saturated carbocycles. The fourth-order valence-electron chi connectivity index (χ4n) is 4.55. The minimum absolute atomic E-state index is 0.0870. The molecule has 2 aromatic carbocycles. The number of amides is 2. The fraction of sp³-hybridized carbons (Fsp3) is 0.423. The number of hydrogen-bond acceptors (Lipinski definition) is 4. The van der Waals surface area contributed by atoms with Gasteiger partial charge < -0.3 is 20.1 Å². The van der Waals surface area contributed by atoms with Crippen molar-refractivity contribution in [2.45, 2.75) is 51.9 Å². The molecule has 10 heteroatoms. The van der Waals surface area contributed by atoms with Crippen LogP contribution in [0.1, 0.15) is 36.1 Å². The predicted octanol–water partition coefficient (Wildman–Crippen LogP) is 3.80. The molecule has 0 radical (unpaired) electrons. The number of aliphatic carboxylic acids is 1. The summed E-state index contributed by atoms with van der Waals surface area (Å²) >= 11 is 0. The van der Waals surface area contributed by atoms with Crippen LogP contribution in [0.4, 0.5) is 13.6 Å². The molecule has 7 nitrogen and oxygen atoms in total. The molecule has 36 heavy (non-hydrogen) atoms. The lowest BCUT2D eigenvalue weighted by Crippen LogP contribution is -2.48. The van der Waals surface area contributed by atoms with E-state index in [1.54, 1.807) is 12.1 Å². The van der Waals surface area contributed by atoms with Gasteiger partial charge in [0.25, 0.3) is 0 Å². The number of carboxylic acid groups (broad SMARTS) is 1. The third-order valence-electron chi connectivity index (χ3n) is 6.06. The van der Waals surface area contributed by atoms with E-state index in [-0.39, 0.29) is 36.7 Å². The molecular weight excluding hydrogens is 486 g/mol. The van der Waals surface area contributed by atoms with E-state index in [0.29, 0.717) is 24.3 Å². The number of ketones is 1. The van der Waals surface area contributed by atoms with E-state index in [4.69, 9.17) is 9.84 Å². The lowest BCUT2D eigenvalue weighted by atomic mass is 9.88. The molecule has 3 rings (SSSR count). The minimum atomic E-state index is -2.27. The number of urea groups is 1. The molecule has 0 saturated heterocycles. The standard InChI is InChI=1S/C26H32F2N2O5Si/c1-5-35-18-6-7-19-17(15-18)9-11-30(26(34)29-10-8-23(32)33)24(19)22(31)14-16-12-20(27)25(21(28)13-16)36(2,3)4/h6-7,12-13,15,24H,5,8-11,14H2,1-4H3,(H,29,34)(H,32,33)/t24-/m1/s1. The summed E-state index contributed by atoms with van der Waals surface area (Å²) in [6, 6.07) is 6.13. The first-order valence-corrected chi connectivity index (χ1v) is 15.4. The second-order valence-electron chi connectivity index (χ2n) is 9.84. The van der Waals surface area contributed by atoms with Crippen molar-refractivity contribution in [1.29, 1.82) is 0 Å². The number of Topliss-reactive ketones (excluding diaryl/α,β-unsaturated/α-hetero) is 1. The Morgan fingerprint density at radius 3 is 2.39 bits per heavy atom. The minimum Gasteiger partial charge on any atom is -0.494 e. The molecule has 1 aliphatic heterocycles. The topological polar surface area (TPSA) is 95.9 Å². The van der Waals surface area contributed by atoms with Crippen LogP contribution in [0.25, 0.3) is 0 Å². The number of rotatable bonds is 9. The number of ether oxygens (including phenoxy) is 1. The van der Waals surface area contributed by atoms with E-state index in [0.717, 1.165) is 5.56 Å². The number of carbonyl (C=O) groups excluding carboxylic acids is 2. The van der Waals surface area contributed by atoms with Crippen LogP contribution in [-0.4, -0.2) is 55.6 Å². The molecule has 194 valence electrons. The second kappa shape index (κ2) is 11.2. The predicted molar refractivity (Wildman–Crippen MR) is 134 cm³/mol. The molecule has 1 atom stereocenters. The summed E-state index contributed by atoms with van der Waals surface area (Å²) < 4.78 is 35.2. The number of nitrogens with one attached hydrogen (secondary N) is 1. The quantitative estimate of drug-likeness (QED) is 0.493. The molecular formula is C26H32F2N2O5Si. The van der Waals surface area contributed by atoms with Crippen molar-refractivity contribution in [1.82, 2.24) is 10.2 Å². The van der Waals surface area contributed by atoms with Crippen LogP contribution >= 0.6 is 0 Å². The summed E-state index contributed by atoms with van der Waals surface area (Å²) in [4.78, 5) is 38.7. The average Bonchev–Trinajstić information content (AvgIpc) is 2.76. The molecule has 1 aliphatic rings. The zero-order valence-corrected chi connectivity index (χ0v) is 22.0. The van der Waals surface area contributed by atoms with Gasteiger partial charge in [0.05, 0.1) is 21.1 Å². The Morgan fingerprint density at radius 1 is 1.14 bits per heavy atom. The molecule has 2 amide bonds. The monoisotopic (exact) mass is 518 g/mol. The van der Waals surface area contributed by atoms with Gasteiger partial charge in [0.1, 0.15) is 23.4 Å².